The van der Waals surface area contributed by atoms with E-state index in [-0.39, 0.29) is 18.6 Å². The lowest BCUT2D eigenvalue weighted by Crippen LogP contribution is -2.53. The summed E-state index contributed by atoms with van der Waals surface area (Å²) in [6.07, 6.45) is 1.21. The number of alkyl halides is 3. The molecule has 9 nitrogen and oxygen atoms in total. The van der Waals surface area contributed by atoms with Crippen LogP contribution in [0.2, 0.25) is 0 Å². The van der Waals surface area contributed by atoms with Crippen LogP contribution in [0.3, 0.4) is 0 Å². The van der Waals surface area contributed by atoms with Gasteiger partial charge >= 0.3 is 6.18 Å². The van der Waals surface area contributed by atoms with Crippen molar-refractivity contribution in [3.8, 4) is 5.75 Å². The Morgan fingerprint density at radius 3 is 2.69 bits per heavy atom. The number of halogens is 3. The predicted octanol–water partition coefficient (Wildman–Crippen LogP) is 1.42. The second-order valence-corrected chi connectivity index (χ2v) is 7.81. The second kappa shape index (κ2) is 13.1. The number of fused-ring (bicyclic) bond motifs is 2. The maximum atomic E-state index is 12.7. The summed E-state index contributed by atoms with van der Waals surface area (Å²) in [6, 6.07) is 4.28. The molecule has 1 aromatic rings. The third-order valence-corrected chi connectivity index (χ3v) is 4.76. The van der Waals surface area contributed by atoms with Crippen LogP contribution in [0.5, 0.6) is 5.75 Å². The molecule has 2 rings (SSSR count). The van der Waals surface area contributed by atoms with Gasteiger partial charge in [0.05, 0.1) is 6.54 Å². The third kappa shape index (κ3) is 10.0. The van der Waals surface area contributed by atoms with E-state index in [1.807, 2.05) is 0 Å². The molecule has 0 aliphatic carbocycles. The Labute approximate surface area is 205 Å². The van der Waals surface area contributed by atoms with E-state index in [4.69, 9.17) is 4.74 Å². The van der Waals surface area contributed by atoms with Gasteiger partial charge in [0.1, 0.15) is 30.1 Å². The predicted molar refractivity (Wildman–Crippen MR) is 124 cm³/mol. The van der Waals surface area contributed by atoms with E-state index in [2.05, 4.69) is 22.5 Å². The van der Waals surface area contributed by atoms with Gasteiger partial charge < -0.3 is 26.0 Å². The lowest BCUT2D eigenvalue weighted by molar-refractivity contribution is -0.140. The van der Waals surface area contributed by atoms with Gasteiger partial charge in [0.15, 0.2) is 0 Å². The number of allylic oxidation sites excluding steroid dienone is 3. The Bertz CT molecular complexity index is 1050. The lowest BCUT2D eigenvalue weighted by Gasteiger charge is -2.19. The van der Waals surface area contributed by atoms with E-state index < -0.39 is 55.0 Å². The van der Waals surface area contributed by atoms with Crippen molar-refractivity contribution in [2.75, 3.05) is 13.1 Å². The van der Waals surface area contributed by atoms with E-state index in [0.717, 1.165) is 0 Å². The summed E-state index contributed by atoms with van der Waals surface area (Å²) in [5.74, 6) is -2.41. The molecule has 0 saturated heterocycles. The maximum Gasteiger partial charge on any atom is 0.405 e. The molecule has 2 unspecified atom stereocenters. The van der Waals surface area contributed by atoms with Gasteiger partial charge in [-0.05, 0) is 36.3 Å². The highest BCUT2D eigenvalue weighted by Gasteiger charge is 2.30. The van der Waals surface area contributed by atoms with Crippen molar-refractivity contribution in [2.24, 2.45) is 0 Å². The summed E-state index contributed by atoms with van der Waals surface area (Å²) in [7, 11) is 0. The first-order chi connectivity index (χ1) is 17.0. The lowest BCUT2D eigenvalue weighted by atomic mass is 10.0. The zero-order valence-corrected chi connectivity index (χ0v) is 19.5. The van der Waals surface area contributed by atoms with Crippen LogP contribution in [0, 0.1) is 0 Å². The molecule has 194 valence electrons. The minimum Gasteiger partial charge on any atom is -0.458 e. The zero-order valence-electron chi connectivity index (χ0n) is 19.5. The molecule has 0 radical (unpaired) electrons. The summed E-state index contributed by atoms with van der Waals surface area (Å²) in [5, 5.41) is 8.94. The van der Waals surface area contributed by atoms with E-state index >= 15 is 0 Å². The molecule has 4 N–H and O–H groups in total. The molecule has 0 fully saturated rings. The average Bonchev–Trinajstić information content (AvgIpc) is 2.80. The Hall–Kier alpha value is -4.09. The first kappa shape index (κ1) is 28.1. The van der Waals surface area contributed by atoms with Crippen LogP contribution in [-0.2, 0) is 25.6 Å². The number of benzene rings is 1. The fourth-order valence-electron chi connectivity index (χ4n) is 3.18. The largest absolute Gasteiger partial charge is 0.458 e. The Kier molecular flexibility index (Phi) is 10.3. The van der Waals surface area contributed by atoms with Crippen LogP contribution < -0.4 is 26.0 Å². The third-order valence-electron chi connectivity index (χ3n) is 4.76. The second-order valence-electron chi connectivity index (χ2n) is 7.81. The van der Waals surface area contributed by atoms with E-state index in [0.29, 0.717) is 11.3 Å². The highest BCUT2D eigenvalue weighted by molar-refractivity contribution is 5.92. The molecule has 2 bridgehead atoms. The maximum absolute atomic E-state index is 12.7. The van der Waals surface area contributed by atoms with Crippen LogP contribution in [0.25, 0.3) is 0 Å². The summed E-state index contributed by atoms with van der Waals surface area (Å²) in [4.78, 5) is 49.1. The number of carbonyl (C=O) groups excluding carboxylic acids is 4. The molecule has 0 saturated carbocycles. The van der Waals surface area contributed by atoms with Crippen molar-refractivity contribution in [1.29, 1.82) is 0 Å². The number of hydrogen-bond acceptors (Lipinski definition) is 5. The summed E-state index contributed by atoms with van der Waals surface area (Å²) in [5.41, 5.74) is 0.650. The summed E-state index contributed by atoms with van der Waals surface area (Å²) < 4.78 is 43.6. The van der Waals surface area contributed by atoms with Gasteiger partial charge in [-0.2, -0.15) is 13.2 Å². The molecule has 1 aliphatic rings. The molecule has 12 heteroatoms. The van der Waals surface area contributed by atoms with Crippen molar-refractivity contribution in [3.63, 3.8) is 0 Å². The molecule has 4 amide bonds. The van der Waals surface area contributed by atoms with E-state index in [9.17, 15) is 32.3 Å². The molecule has 0 aromatic heterocycles. The monoisotopic (exact) mass is 508 g/mol. The summed E-state index contributed by atoms with van der Waals surface area (Å²) >= 11 is 0. The van der Waals surface area contributed by atoms with Crippen LogP contribution in [-0.4, -0.2) is 55.0 Å². The van der Waals surface area contributed by atoms with Gasteiger partial charge in [-0.3, -0.25) is 19.2 Å². The van der Waals surface area contributed by atoms with Crippen molar-refractivity contribution >= 4 is 23.6 Å². The molecule has 1 heterocycles. The van der Waals surface area contributed by atoms with E-state index in [1.54, 1.807) is 35.7 Å². The van der Waals surface area contributed by atoms with Crippen molar-refractivity contribution < 1.29 is 37.1 Å². The Morgan fingerprint density at radius 2 is 2.03 bits per heavy atom. The number of hydrogen-bond donors (Lipinski definition) is 4. The van der Waals surface area contributed by atoms with Crippen molar-refractivity contribution in [3.05, 3.63) is 66.5 Å². The number of ether oxygens (including phenoxy) is 1. The van der Waals surface area contributed by atoms with Crippen molar-refractivity contribution in [2.45, 2.75) is 38.0 Å². The van der Waals surface area contributed by atoms with Crippen LogP contribution >= 0.6 is 0 Å². The topological polar surface area (TPSA) is 126 Å². The molecular weight excluding hydrogens is 481 g/mol. The number of nitrogens with one attached hydrogen (secondary N) is 4. The highest BCUT2D eigenvalue weighted by atomic mass is 19.4. The first-order valence-electron chi connectivity index (χ1n) is 10.9. The highest BCUT2D eigenvalue weighted by Crippen LogP contribution is 2.19. The van der Waals surface area contributed by atoms with Crippen LogP contribution in [0.4, 0.5) is 13.2 Å². The standard InChI is InChI=1S/C24H27F3N4O5/c1-3-4-7-17-9-10-19(22(34)29-14-24(25,26)27)31-21(33)13-28-23(35)20(30-15(2)32)12-16-6-5-8-18(11-16)36-17/h3-9,11,19-20H,1,10,12-14H2,2H3,(H,28,35)(H,29,34)(H,30,32)(H,31,33)/b7-4-,17-9+. The van der Waals surface area contributed by atoms with Crippen LogP contribution in [0.1, 0.15) is 18.9 Å². The smallest absolute Gasteiger partial charge is 0.405 e. The molecule has 1 aromatic carbocycles. The SMILES string of the molecule is C=C/C=C\C1=C/CC(C(=O)NCC(F)(F)F)NC(=O)CNC(=O)C(NC(C)=O)Cc2cccc(c2)O1. The van der Waals surface area contributed by atoms with Gasteiger partial charge in [-0.25, -0.2) is 0 Å². The van der Waals surface area contributed by atoms with Gasteiger partial charge in [-0.1, -0.05) is 30.9 Å². The van der Waals surface area contributed by atoms with Crippen LogP contribution in [0.15, 0.2) is 60.9 Å². The number of carbonyl (C=O) groups is 4. The fraction of sp³-hybridized carbons (Fsp3) is 0.333. The van der Waals surface area contributed by atoms with Crippen molar-refractivity contribution in [1.82, 2.24) is 21.3 Å². The normalized spacial score (nSPS) is 20.9. The average molecular weight is 508 g/mol. The quantitative estimate of drug-likeness (QED) is 0.448. The first-order valence-corrected chi connectivity index (χ1v) is 10.9. The molecular formula is C24H27F3N4O5. The minimum absolute atomic E-state index is 0.0915. The zero-order chi connectivity index (χ0) is 26.7. The molecule has 1 aliphatic heterocycles. The summed E-state index contributed by atoms with van der Waals surface area (Å²) in [6.45, 7) is 2.67. The van der Waals surface area contributed by atoms with Gasteiger partial charge in [-0.15, -0.1) is 0 Å². The Balaban J connectivity index is 2.41. The van der Waals surface area contributed by atoms with E-state index in [1.165, 1.54) is 25.2 Å². The Morgan fingerprint density at radius 1 is 1.28 bits per heavy atom. The minimum atomic E-state index is -4.64. The van der Waals surface area contributed by atoms with Gasteiger partial charge in [0, 0.05) is 13.3 Å². The fourth-order valence-corrected chi connectivity index (χ4v) is 3.18. The van der Waals surface area contributed by atoms with Gasteiger partial charge in [0.25, 0.3) is 0 Å². The molecule has 0 spiro atoms. The number of amides is 4. The number of rotatable bonds is 5. The van der Waals surface area contributed by atoms with Gasteiger partial charge in [0.2, 0.25) is 23.6 Å². The molecule has 36 heavy (non-hydrogen) atoms. The molecule has 2 atom stereocenters.